The molecule has 2 heterocycles. The Labute approximate surface area is 149 Å². The van der Waals surface area contributed by atoms with Crippen LogP contribution in [0.3, 0.4) is 0 Å². The van der Waals surface area contributed by atoms with Gasteiger partial charge < -0.3 is 4.90 Å². The molecule has 0 amide bonds. The van der Waals surface area contributed by atoms with Crippen molar-refractivity contribution >= 4 is 16.0 Å². The van der Waals surface area contributed by atoms with E-state index in [1.807, 2.05) is 6.07 Å². The predicted molar refractivity (Wildman–Crippen MR) is 97.0 cm³/mol. The number of fused-ring (bicyclic) bond motifs is 4. The third-order valence-electron chi connectivity index (χ3n) is 7.28. The standard InChI is InChI=1S/C19H26N2O3S/c22-25(23,24)20-11-12-21-18-14(13-20)5-3-7-16(18)15-6-4-8-17(15)19(21)9-1-2-10-19/h3,5,7,15,17H,1-2,4,6,8-13H2,(H,22,23,24)/t15-,17-/m1/s1. The lowest BCUT2D eigenvalue weighted by molar-refractivity contribution is 0.221. The van der Waals surface area contributed by atoms with E-state index in [1.54, 1.807) is 0 Å². The monoisotopic (exact) mass is 362 g/mol. The summed E-state index contributed by atoms with van der Waals surface area (Å²) in [6.07, 6.45) is 8.89. The topological polar surface area (TPSA) is 60.9 Å². The van der Waals surface area contributed by atoms with Crippen LogP contribution in [0.4, 0.5) is 5.69 Å². The second kappa shape index (κ2) is 5.44. The number of hydrogen-bond acceptors (Lipinski definition) is 3. The number of para-hydroxylation sites is 1. The maximum absolute atomic E-state index is 11.8. The van der Waals surface area contributed by atoms with E-state index in [0.717, 1.165) is 5.56 Å². The van der Waals surface area contributed by atoms with Gasteiger partial charge in [-0.15, -0.1) is 0 Å². The second-order valence-electron chi connectivity index (χ2n) is 8.27. The number of anilines is 1. The fourth-order valence-corrected chi connectivity index (χ4v) is 7.02. The van der Waals surface area contributed by atoms with Crippen molar-refractivity contribution in [2.45, 2.75) is 62.9 Å². The average molecular weight is 362 g/mol. The third-order valence-corrected chi connectivity index (χ3v) is 8.24. The Morgan fingerprint density at radius 3 is 2.64 bits per heavy atom. The van der Waals surface area contributed by atoms with Gasteiger partial charge in [0, 0.05) is 30.9 Å². The fraction of sp³-hybridized carbons (Fsp3) is 0.684. The van der Waals surface area contributed by atoms with Crippen LogP contribution in [0.2, 0.25) is 0 Å². The Kier molecular flexibility index (Phi) is 3.50. The van der Waals surface area contributed by atoms with Crippen molar-refractivity contribution in [3.63, 3.8) is 0 Å². The number of rotatable bonds is 1. The normalized spacial score (nSPS) is 31.0. The third kappa shape index (κ3) is 2.23. The van der Waals surface area contributed by atoms with Crippen molar-refractivity contribution in [3.05, 3.63) is 29.3 Å². The molecule has 2 atom stereocenters. The van der Waals surface area contributed by atoms with Gasteiger partial charge in [-0.1, -0.05) is 37.5 Å². The van der Waals surface area contributed by atoms with Crippen LogP contribution < -0.4 is 4.90 Å². The zero-order chi connectivity index (χ0) is 17.2. The van der Waals surface area contributed by atoms with E-state index in [9.17, 15) is 13.0 Å². The molecular formula is C19H26N2O3S. The van der Waals surface area contributed by atoms with E-state index in [4.69, 9.17) is 0 Å². The van der Waals surface area contributed by atoms with Crippen molar-refractivity contribution in [3.8, 4) is 0 Å². The van der Waals surface area contributed by atoms with E-state index in [2.05, 4.69) is 17.0 Å². The van der Waals surface area contributed by atoms with Gasteiger partial charge in [-0.05, 0) is 48.6 Å². The van der Waals surface area contributed by atoms with Crippen LogP contribution in [-0.4, -0.2) is 35.9 Å². The van der Waals surface area contributed by atoms with Crippen LogP contribution in [-0.2, 0) is 16.8 Å². The Morgan fingerprint density at radius 1 is 1.08 bits per heavy atom. The molecule has 6 heteroatoms. The minimum absolute atomic E-state index is 0.208. The summed E-state index contributed by atoms with van der Waals surface area (Å²) in [5.74, 6) is 1.33. The van der Waals surface area contributed by atoms with Gasteiger partial charge in [0.05, 0.1) is 0 Å². The molecule has 1 spiro atoms. The molecule has 0 radical (unpaired) electrons. The number of hydrogen-bond donors (Lipinski definition) is 1. The van der Waals surface area contributed by atoms with Crippen molar-refractivity contribution < 1.29 is 13.0 Å². The lowest BCUT2D eigenvalue weighted by Gasteiger charge is -2.54. The van der Waals surface area contributed by atoms with E-state index < -0.39 is 10.3 Å². The first-order valence-corrected chi connectivity index (χ1v) is 11.0. The molecule has 5 rings (SSSR count). The Balaban J connectivity index is 1.70. The molecule has 2 aliphatic heterocycles. The highest BCUT2D eigenvalue weighted by molar-refractivity contribution is 7.83. The summed E-state index contributed by atoms with van der Waals surface area (Å²) in [6.45, 7) is 1.34. The van der Waals surface area contributed by atoms with E-state index in [1.165, 1.54) is 60.5 Å². The summed E-state index contributed by atoms with van der Waals surface area (Å²) in [6, 6.07) is 6.38. The molecule has 25 heavy (non-hydrogen) atoms. The number of nitrogens with zero attached hydrogens (tertiary/aromatic N) is 2. The summed E-state index contributed by atoms with van der Waals surface area (Å²) < 4.78 is 34.5. The van der Waals surface area contributed by atoms with Gasteiger partial charge in [-0.2, -0.15) is 12.7 Å². The highest BCUT2D eigenvalue weighted by atomic mass is 32.2. The van der Waals surface area contributed by atoms with Crippen LogP contribution in [0.5, 0.6) is 0 Å². The molecule has 5 nitrogen and oxygen atoms in total. The van der Waals surface area contributed by atoms with Crippen molar-refractivity contribution in [1.29, 1.82) is 0 Å². The lowest BCUT2D eigenvalue weighted by Crippen LogP contribution is -2.57. The Morgan fingerprint density at radius 2 is 1.88 bits per heavy atom. The lowest BCUT2D eigenvalue weighted by atomic mass is 9.68. The van der Waals surface area contributed by atoms with E-state index in [-0.39, 0.29) is 12.1 Å². The maximum atomic E-state index is 11.8. The largest absolute Gasteiger partial charge is 0.364 e. The Bertz CT molecular complexity index is 801. The van der Waals surface area contributed by atoms with Gasteiger partial charge in [0.1, 0.15) is 0 Å². The molecular weight excluding hydrogens is 336 g/mol. The summed E-state index contributed by atoms with van der Waals surface area (Å²) in [5.41, 5.74) is 3.98. The molecule has 1 aromatic rings. The SMILES string of the molecule is O=S(=O)(O)N1CCN2c3c(cccc3[C@H]3CCC[C@H]3C23CCCC3)C1. The van der Waals surface area contributed by atoms with Crippen LogP contribution in [0, 0.1) is 5.92 Å². The second-order valence-corrected chi connectivity index (χ2v) is 9.68. The molecule has 1 aromatic carbocycles. The molecule has 0 saturated heterocycles. The van der Waals surface area contributed by atoms with E-state index >= 15 is 0 Å². The van der Waals surface area contributed by atoms with Crippen LogP contribution in [0.15, 0.2) is 18.2 Å². The summed E-state index contributed by atoms with van der Waals surface area (Å²) in [4.78, 5) is 2.57. The van der Waals surface area contributed by atoms with Crippen molar-refractivity contribution in [2.75, 3.05) is 18.0 Å². The molecule has 136 valence electrons. The van der Waals surface area contributed by atoms with Crippen LogP contribution in [0.1, 0.15) is 62.0 Å². The summed E-state index contributed by atoms with van der Waals surface area (Å²) >= 11 is 0. The summed E-state index contributed by atoms with van der Waals surface area (Å²) in [7, 11) is -4.16. The molecule has 0 aromatic heterocycles. The van der Waals surface area contributed by atoms with Gasteiger partial charge >= 0.3 is 10.3 Å². The predicted octanol–water partition coefficient (Wildman–Crippen LogP) is 3.32. The molecule has 4 aliphatic rings. The molecule has 0 bridgehead atoms. The minimum atomic E-state index is -4.16. The highest BCUT2D eigenvalue weighted by Crippen LogP contribution is 2.60. The smallest absolute Gasteiger partial charge is 0.336 e. The first kappa shape index (κ1) is 16.1. The quantitative estimate of drug-likeness (QED) is 0.779. The molecule has 2 aliphatic carbocycles. The molecule has 0 unspecified atom stereocenters. The van der Waals surface area contributed by atoms with Gasteiger partial charge in [0.2, 0.25) is 0 Å². The van der Waals surface area contributed by atoms with E-state index in [0.29, 0.717) is 24.9 Å². The first-order valence-electron chi connectivity index (χ1n) is 9.63. The molecule has 2 saturated carbocycles. The fourth-order valence-electron chi connectivity index (χ4n) is 6.41. The zero-order valence-corrected chi connectivity index (χ0v) is 15.3. The number of benzene rings is 1. The minimum Gasteiger partial charge on any atom is -0.364 e. The average Bonchev–Trinajstić information content (AvgIpc) is 3.19. The van der Waals surface area contributed by atoms with Gasteiger partial charge in [-0.3, -0.25) is 4.55 Å². The van der Waals surface area contributed by atoms with Gasteiger partial charge in [0.15, 0.2) is 0 Å². The summed E-state index contributed by atoms with van der Waals surface area (Å²) in [5, 5.41) is 0. The zero-order valence-electron chi connectivity index (χ0n) is 14.5. The van der Waals surface area contributed by atoms with Crippen molar-refractivity contribution in [1.82, 2.24) is 4.31 Å². The van der Waals surface area contributed by atoms with Crippen LogP contribution >= 0.6 is 0 Å². The Hall–Kier alpha value is -1.11. The molecule has 2 fully saturated rings. The highest BCUT2D eigenvalue weighted by Gasteiger charge is 2.55. The molecule has 1 N–H and O–H groups in total. The van der Waals surface area contributed by atoms with Gasteiger partial charge in [0.25, 0.3) is 0 Å². The maximum Gasteiger partial charge on any atom is 0.336 e. The first-order chi connectivity index (χ1) is 12.0. The van der Waals surface area contributed by atoms with Crippen molar-refractivity contribution in [2.24, 2.45) is 5.92 Å². The van der Waals surface area contributed by atoms with Gasteiger partial charge in [-0.25, -0.2) is 0 Å². The van der Waals surface area contributed by atoms with Crippen LogP contribution in [0.25, 0.3) is 0 Å².